The Labute approximate surface area is 97.6 Å². The van der Waals surface area contributed by atoms with Gasteiger partial charge in [0.2, 0.25) is 0 Å². The lowest BCUT2D eigenvalue weighted by Crippen LogP contribution is -2.27. The molecule has 1 N–H and O–H groups in total. The van der Waals surface area contributed by atoms with Gasteiger partial charge in [0.05, 0.1) is 0 Å². The Balaban J connectivity index is 1.52. The van der Waals surface area contributed by atoms with Gasteiger partial charge < -0.3 is 10.2 Å². The Bertz CT molecular complexity index is 332. The maximum atomic E-state index is 3.64. The fourth-order valence-corrected chi connectivity index (χ4v) is 2.49. The van der Waals surface area contributed by atoms with Gasteiger partial charge in [-0.1, -0.05) is 18.2 Å². The normalized spacial score (nSPS) is 25.0. The van der Waals surface area contributed by atoms with Gasteiger partial charge in [0.15, 0.2) is 0 Å². The summed E-state index contributed by atoms with van der Waals surface area (Å²) in [6.45, 7) is 3.67. The van der Waals surface area contributed by atoms with Crippen LogP contribution in [-0.4, -0.2) is 25.7 Å². The maximum absolute atomic E-state index is 3.64. The second kappa shape index (κ2) is 4.46. The number of hydrogen-bond acceptors (Lipinski definition) is 2. The number of nitrogens with one attached hydrogen (secondary N) is 1. The largest absolute Gasteiger partial charge is 0.371 e. The third kappa shape index (κ3) is 2.38. The summed E-state index contributed by atoms with van der Waals surface area (Å²) < 4.78 is 0. The molecule has 1 aliphatic heterocycles. The van der Waals surface area contributed by atoms with Crippen molar-refractivity contribution in [1.82, 2.24) is 5.32 Å². The monoisotopic (exact) mass is 216 g/mol. The second-order valence-electron chi connectivity index (χ2n) is 5.12. The van der Waals surface area contributed by atoms with Gasteiger partial charge >= 0.3 is 0 Å². The molecule has 1 aromatic carbocycles. The maximum Gasteiger partial charge on any atom is 0.0366 e. The highest BCUT2D eigenvalue weighted by molar-refractivity contribution is 5.46. The van der Waals surface area contributed by atoms with E-state index in [4.69, 9.17) is 0 Å². The minimum Gasteiger partial charge on any atom is -0.371 e. The van der Waals surface area contributed by atoms with Gasteiger partial charge in [0.25, 0.3) is 0 Å². The molecule has 1 aromatic rings. The Morgan fingerprint density at radius 2 is 1.94 bits per heavy atom. The average molecular weight is 216 g/mol. The molecule has 3 rings (SSSR count). The van der Waals surface area contributed by atoms with Crippen molar-refractivity contribution < 1.29 is 0 Å². The van der Waals surface area contributed by atoms with E-state index >= 15 is 0 Å². The predicted octanol–water partition coefficient (Wildman–Crippen LogP) is 2.26. The molecular weight excluding hydrogens is 196 g/mol. The molecule has 1 saturated heterocycles. The van der Waals surface area contributed by atoms with Crippen LogP contribution in [0.2, 0.25) is 0 Å². The standard InChI is InChI=1S/C14H20N2/c1-2-4-14(5-3-1)16-9-8-12(11-16)10-15-13-6-7-13/h1-5,12-13,15H,6-11H2/t12-/m1/s1. The van der Waals surface area contributed by atoms with E-state index < -0.39 is 0 Å². The molecule has 0 radical (unpaired) electrons. The highest BCUT2D eigenvalue weighted by Gasteiger charge is 2.26. The van der Waals surface area contributed by atoms with Crippen LogP contribution in [0.15, 0.2) is 30.3 Å². The third-order valence-electron chi connectivity index (χ3n) is 3.68. The van der Waals surface area contributed by atoms with Gasteiger partial charge in [-0.15, -0.1) is 0 Å². The third-order valence-corrected chi connectivity index (χ3v) is 3.68. The smallest absolute Gasteiger partial charge is 0.0366 e. The molecule has 86 valence electrons. The van der Waals surface area contributed by atoms with E-state index in [1.807, 2.05) is 0 Å². The minimum absolute atomic E-state index is 0.848. The number of benzene rings is 1. The average Bonchev–Trinajstić information content (AvgIpc) is 3.05. The first kappa shape index (κ1) is 10.2. The van der Waals surface area contributed by atoms with Crippen molar-refractivity contribution in [3.05, 3.63) is 30.3 Å². The molecule has 0 amide bonds. The zero-order valence-electron chi connectivity index (χ0n) is 9.73. The fourth-order valence-electron chi connectivity index (χ4n) is 2.49. The zero-order chi connectivity index (χ0) is 10.8. The Hall–Kier alpha value is -1.02. The molecule has 2 aliphatic rings. The molecule has 2 nitrogen and oxygen atoms in total. The minimum atomic E-state index is 0.848. The summed E-state index contributed by atoms with van der Waals surface area (Å²) in [5, 5.41) is 3.64. The molecule has 2 fully saturated rings. The van der Waals surface area contributed by atoms with Gasteiger partial charge in [-0.05, 0) is 43.9 Å². The topological polar surface area (TPSA) is 15.3 Å². The number of anilines is 1. The van der Waals surface area contributed by atoms with Gasteiger partial charge in [-0.25, -0.2) is 0 Å². The molecular formula is C14H20N2. The molecule has 1 aliphatic carbocycles. The van der Waals surface area contributed by atoms with Crippen molar-refractivity contribution in [3.63, 3.8) is 0 Å². The van der Waals surface area contributed by atoms with Crippen molar-refractivity contribution in [2.75, 3.05) is 24.5 Å². The van der Waals surface area contributed by atoms with E-state index in [0.29, 0.717) is 0 Å². The Morgan fingerprint density at radius 3 is 2.69 bits per heavy atom. The van der Waals surface area contributed by atoms with E-state index in [1.165, 1.54) is 44.6 Å². The number of para-hydroxylation sites is 1. The summed E-state index contributed by atoms with van der Waals surface area (Å²) in [4.78, 5) is 2.51. The summed E-state index contributed by atoms with van der Waals surface area (Å²) >= 11 is 0. The molecule has 0 unspecified atom stereocenters. The first-order chi connectivity index (χ1) is 7.92. The quantitative estimate of drug-likeness (QED) is 0.830. The highest BCUT2D eigenvalue weighted by Crippen LogP contribution is 2.24. The molecule has 1 heterocycles. The molecule has 0 aromatic heterocycles. The summed E-state index contributed by atoms with van der Waals surface area (Å²) in [6.07, 6.45) is 4.14. The Morgan fingerprint density at radius 1 is 1.12 bits per heavy atom. The van der Waals surface area contributed by atoms with E-state index in [1.54, 1.807) is 0 Å². The van der Waals surface area contributed by atoms with Crippen LogP contribution in [0.1, 0.15) is 19.3 Å². The van der Waals surface area contributed by atoms with Crippen molar-refractivity contribution in [3.8, 4) is 0 Å². The van der Waals surface area contributed by atoms with E-state index in [-0.39, 0.29) is 0 Å². The number of nitrogens with zero attached hydrogens (tertiary/aromatic N) is 1. The van der Waals surface area contributed by atoms with Crippen molar-refractivity contribution in [2.45, 2.75) is 25.3 Å². The molecule has 0 bridgehead atoms. The molecule has 1 saturated carbocycles. The second-order valence-corrected chi connectivity index (χ2v) is 5.12. The van der Waals surface area contributed by atoms with Crippen LogP contribution < -0.4 is 10.2 Å². The van der Waals surface area contributed by atoms with Crippen LogP contribution in [-0.2, 0) is 0 Å². The van der Waals surface area contributed by atoms with Crippen molar-refractivity contribution >= 4 is 5.69 Å². The number of rotatable bonds is 4. The highest BCUT2D eigenvalue weighted by atomic mass is 15.2. The van der Waals surface area contributed by atoms with Gasteiger partial charge in [-0.2, -0.15) is 0 Å². The van der Waals surface area contributed by atoms with E-state index in [2.05, 4.69) is 40.5 Å². The van der Waals surface area contributed by atoms with Gasteiger partial charge in [0, 0.05) is 24.8 Å². The molecule has 2 heteroatoms. The summed E-state index contributed by atoms with van der Waals surface area (Å²) in [7, 11) is 0. The first-order valence-corrected chi connectivity index (χ1v) is 6.45. The first-order valence-electron chi connectivity index (χ1n) is 6.45. The van der Waals surface area contributed by atoms with Crippen LogP contribution >= 0.6 is 0 Å². The predicted molar refractivity (Wildman–Crippen MR) is 67.8 cm³/mol. The summed E-state index contributed by atoms with van der Waals surface area (Å²) in [5.41, 5.74) is 1.39. The SMILES string of the molecule is c1ccc(N2CC[C@H](CNC3CC3)C2)cc1. The zero-order valence-corrected chi connectivity index (χ0v) is 9.73. The molecule has 0 spiro atoms. The lowest BCUT2D eigenvalue weighted by Gasteiger charge is -2.18. The Kier molecular flexibility index (Phi) is 2.83. The van der Waals surface area contributed by atoms with Gasteiger partial charge in [-0.3, -0.25) is 0 Å². The van der Waals surface area contributed by atoms with Crippen LogP contribution in [0.5, 0.6) is 0 Å². The van der Waals surface area contributed by atoms with Crippen molar-refractivity contribution in [2.24, 2.45) is 5.92 Å². The van der Waals surface area contributed by atoms with Crippen LogP contribution in [0.25, 0.3) is 0 Å². The van der Waals surface area contributed by atoms with E-state index in [9.17, 15) is 0 Å². The number of hydrogen-bond donors (Lipinski definition) is 1. The summed E-state index contributed by atoms with van der Waals surface area (Å²) in [6, 6.07) is 11.6. The van der Waals surface area contributed by atoms with Crippen LogP contribution in [0.4, 0.5) is 5.69 Å². The van der Waals surface area contributed by atoms with Crippen LogP contribution in [0.3, 0.4) is 0 Å². The lowest BCUT2D eigenvalue weighted by atomic mass is 10.1. The molecule has 1 atom stereocenters. The van der Waals surface area contributed by atoms with E-state index in [0.717, 1.165) is 12.0 Å². The van der Waals surface area contributed by atoms with Gasteiger partial charge in [0.1, 0.15) is 0 Å². The lowest BCUT2D eigenvalue weighted by molar-refractivity contribution is 0.515. The van der Waals surface area contributed by atoms with Crippen molar-refractivity contribution in [1.29, 1.82) is 0 Å². The van der Waals surface area contributed by atoms with Crippen LogP contribution in [0, 0.1) is 5.92 Å². The fraction of sp³-hybridized carbons (Fsp3) is 0.571. The summed E-state index contributed by atoms with van der Waals surface area (Å²) in [5.74, 6) is 0.848. The molecule has 16 heavy (non-hydrogen) atoms.